The van der Waals surface area contributed by atoms with Crippen LogP contribution in [0.5, 0.6) is 0 Å². The minimum Gasteiger partial charge on any atom is -0.464 e. The number of aryl methyl sites for hydroxylation is 2. The average molecular weight is 363 g/mol. The number of halogens is 1. The van der Waals surface area contributed by atoms with E-state index in [1.165, 1.54) is 7.11 Å². The maximum absolute atomic E-state index is 12.0. The average Bonchev–Trinajstić information content (AvgIpc) is 2.98. The number of benzene rings is 1. The molecule has 0 aliphatic carbocycles. The highest BCUT2D eigenvalue weighted by Gasteiger charge is 2.25. The Balaban J connectivity index is 2.35. The summed E-state index contributed by atoms with van der Waals surface area (Å²) in [4.78, 5) is 16.7. The van der Waals surface area contributed by atoms with Gasteiger partial charge in [0.2, 0.25) is 0 Å². The van der Waals surface area contributed by atoms with Gasteiger partial charge in [0.15, 0.2) is 5.69 Å². The standard InChI is InChI=1S/C15H15BrN4O2/c1-8-11(13(15(21)22-4)18-20(8)3)14-17-12-9(16)6-5-7-10(12)19(14)2/h5-7H,1-4H3. The van der Waals surface area contributed by atoms with Crippen LogP contribution in [0.15, 0.2) is 22.7 Å². The maximum atomic E-state index is 12.0. The van der Waals surface area contributed by atoms with Gasteiger partial charge in [-0.15, -0.1) is 0 Å². The van der Waals surface area contributed by atoms with Crippen LogP contribution in [-0.4, -0.2) is 32.4 Å². The van der Waals surface area contributed by atoms with Gasteiger partial charge in [-0.05, 0) is 35.0 Å². The number of carbonyl (C=O) groups is 1. The zero-order valence-corrected chi connectivity index (χ0v) is 14.3. The maximum Gasteiger partial charge on any atom is 0.359 e. The summed E-state index contributed by atoms with van der Waals surface area (Å²) in [6.45, 7) is 1.91. The quantitative estimate of drug-likeness (QED) is 0.657. The predicted molar refractivity (Wildman–Crippen MR) is 86.7 cm³/mol. The van der Waals surface area contributed by atoms with Crippen molar-refractivity contribution < 1.29 is 9.53 Å². The van der Waals surface area contributed by atoms with Gasteiger partial charge < -0.3 is 9.30 Å². The Kier molecular flexibility index (Phi) is 3.52. The van der Waals surface area contributed by atoms with Crippen LogP contribution in [-0.2, 0) is 18.8 Å². The first-order valence-corrected chi connectivity index (χ1v) is 7.48. The monoisotopic (exact) mass is 362 g/mol. The molecule has 0 amide bonds. The molecule has 6 nitrogen and oxygen atoms in total. The molecule has 0 bridgehead atoms. The first-order chi connectivity index (χ1) is 10.5. The van der Waals surface area contributed by atoms with E-state index in [-0.39, 0.29) is 5.69 Å². The largest absolute Gasteiger partial charge is 0.464 e. The molecule has 3 rings (SSSR count). The summed E-state index contributed by atoms with van der Waals surface area (Å²) in [7, 11) is 5.07. The molecule has 7 heteroatoms. The number of hydrogen-bond donors (Lipinski definition) is 0. The van der Waals surface area contributed by atoms with Gasteiger partial charge in [0.1, 0.15) is 11.3 Å². The van der Waals surface area contributed by atoms with Gasteiger partial charge in [0.05, 0.1) is 18.2 Å². The molecule has 22 heavy (non-hydrogen) atoms. The molecule has 3 aromatic rings. The third-order valence-electron chi connectivity index (χ3n) is 3.80. The zero-order valence-electron chi connectivity index (χ0n) is 12.7. The van der Waals surface area contributed by atoms with Crippen molar-refractivity contribution in [2.45, 2.75) is 6.92 Å². The number of methoxy groups -OCH3 is 1. The Hall–Kier alpha value is -2.15. The van der Waals surface area contributed by atoms with Crippen LogP contribution in [0.1, 0.15) is 16.2 Å². The summed E-state index contributed by atoms with van der Waals surface area (Å²) in [5.74, 6) is 0.220. The lowest BCUT2D eigenvalue weighted by Crippen LogP contribution is -2.06. The number of fused-ring (bicyclic) bond motifs is 1. The number of carbonyl (C=O) groups excluding carboxylic acids is 1. The minimum absolute atomic E-state index is 0.275. The molecule has 0 fully saturated rings. The molecule has 1 aromatic carbocycles. The Bertz CT molecular complexity index is 895. The smallest absolute Gasteiger partial charge is 0.359 e. The molecule has 0 aliphatic heterocycles. The van der Waals surface area contributed by atoms with Gasteiger partial charge in [-0.2, -0.15) is 5.10 Å². The van der Waals surface area contributed by atoms with Crippen LogP contribution < -0.4 is 0 Å². The van der Waals surface area contributed by atoms with Gasteiger partial charge >= 0.3 is 5.97 Å². The zero-order chi connectivity index (χ0) is 16.0. The second kappa shape index (κ2) is 5.24. The van der Waals surface area contributed by atoms with E-state index >= 15 is 0 Å². The number of imidazole rings is 1. The number of nitrogens with zero attached hydrogens (tertiary/aromatic N) is 4. The van der Waals surface area contributed by atoms with Crippen molar-refractivity contribution in [3.8, 4) is 11.4 Å². The fourth-order valence-corrected chi connectivity index (χ4v) is 2.96. The molecule has 2 heterocycles. The second-order valence-electron chi connectivity index (χ2n) is 5.03. The Morgan fingerprint density at radius 2 is 2.05 bits per heavy atom. The topological polar surface area (TPSA) is 61.9 Å². The number of rotatable bonds is 2. The molecule has 2 aromatic heterocycles. The summed E-state index contributed by atoms with van der Waals surface area (Å²) in [6.07, 6.45) is 0. The summed E-state index contributed by atoms with van der Waals surface area (Å²) in [5.41, 5.74) is 3.65. The molecule has 0 radical (unpaired) electrons. The third-order valence-corrected chi connectivity index (χ3v) is 4.44. The third kappa shape index (κ3) is 2.04. The van der Waals surface area contributed by atoms with Crippen LogP contribution in [0.2, 0.25) is 0 Å². The lowest BCUT2D eigenvalue weighted by Gasteiger charge is -2.04. The van der Waals surface area contributed by atoms with Gasteiger partial charge in [0, 0.05) is 24.3 Å². The highest BCUT2D eigenvalue weighted by atomic mass is 79.9. The second-order valence-corrected chi connectivity index (χ2v) is 5.88. The number of esters is 1. The normalized spacial score (nSPS) is 11.1. The van der Waals surface area contributed by atoms with Crippen molar-refractivity contribution >= 4 is 32.9 Å². The van der Waals surface area contributed by atoms with Gasteiger partial charge in [-0.1, -0.05) is 6.07 Å². The highest BCUT2D eigenvalue weighted by Crippen LogP contribution is 2.32. The van der Waals surface area contributed by atoms with Crippen molar-refractivity contribution in [2.75, 3.05) is 7.11 Å². The van der Waals surface area contributed by atoms with Crippen molar-refractivity contribution in [1.29, 1.82) is 0 Å². The molecule has 0 spiro atoms. The van der Waals surface area contributed by atoms with E-state index in [4.69, 9.17) is 4.74 Å². The van der Waals surface area contributed by atoms with Gasteiger partial charge in [-0.25, -0.2) is 9.78 Å². The van der Waals surface area contributed by atoms with E-state index in [0.717, 1.165) is 21.2 Å². The first kappa shape index (κ1) is 14.8. The molecule has 0 aliphatic rings. The van der Waals surface area contributed by atoms with Crippen molar-refractivity contribution in [1.82, 2.24) is 19.3 Å². The molecule has 0 unspecified atom stereocenters. The predicted octanol–water partition coefficient (Wildman–Crippen LogP) is 2.83. The first-order valence-electron chi connectivity index (χ1n) is 6.69. The fourth-order valence-electron chi connectivity index (χ4n) is 2.52. The molecule has 0 N–H and O–H groups in total. The van der Waals surface area contributed by atoms with Crippen molar-refractivity contribution in [3.05, 3.63) is 34.1 Å². The van der Waals surface area contributed by atoms with E-state index in [1.807, 2.05) is 36.7 Å². The minimum atomic E-state index is -0.468. The Labute approximate surface area is 135 Å². The summed E-state index contributed by atoms with van der Waals surface area (Å²) >= 11 is 3.51. The molecule has 0 saturated carbocycles. The van der Waals surface area contributed by atoms with Crippen LogP contribution in [0.4, 0.5) is 0 Å². The van der Waals surface area contributed by atoms with Crippen LogP contribution >= 0.6 is 15.9 Å². The highest BCUT2D eigenvalue weighted by molar-refractivity contribution is 9.10. The van der Waals surface area contributed by atoms with Crippen LogP contribution in [0.25, 0.3) is 22.4 Å². The molecular formula is C15H15BrN4O2. The fraction of sp³-hybridized carbons (Fsp3) is 0.267. The van der Waals surface area contributed by atoms with E-state index < -0.39 is 5.97 Å². The summed E-state index contributed by atoms with van der Waals surface area (Å²) < 4.78 is 9.37. The number of ether oxygens (including phenoxy) is 1. The van der Waals surface area contributed by atoms with E-state index in [0.29, 0.717) is 11.4 Å². The van der Waals surface area contributed by atoms with Crippen LogP contribution in [0, 0.1) is 6.92 Å². The van der Waals surface area contributed by atoms with Gasteiger partial charge in [0.25, 0.3) is 0 Å². The Morgan fingerprint density at radius 3 is 2.68 bits per heavy atom. The van der Waals surface area contributed by atoms with Gasteiger partial charge in [-0.3, -0.25) is 4.68 Å². The Morgan fingerprint density at radius 1 is 1.32 bits per heavy atom. The number of hydrogen-bond acceptors (Lipinski definition) is 4. The summed E-state index contributed by atoms with van der Waals surface area (Å²) in [6, 6.07) is 5.88. The van der Waals surface area contributed by atoms with E-state index in [9.17, 15) is 4.79 Å². The van der Waals surface area contributed by atoms with E-state index in [1.54, 1.807) is 11.7 Å². The van der Waals surface area contributed by atoms with Crippen molar-refractivity contribution in [2.24, 2.45) is 14.1 Å². The molecular weight excluding hydrogens is 348 g/mol. The number of aromatic nitrogens is 4. The SMILES string of the molecule is COC(=O)c1nn(C)c(C)c1-c1nc2c(Br)cccc2n1C. The van der Waals surface area contributed by atoms with Crippen molar-refractivity contribution in [3.63, 3.8) is 0 Å². The van der Waals surface area contributed by atoms with E-state index in [2.05, 4.69) is 26.0 Å². The number of para-hydroxylation sites is 1. The molecule has 0 atom stereocenters. The lowest BCUT2D eigenvalue weighted by molar-refractivity contribution is 0.0594. The lowest BCUT2D eigenvalue weighted by atomic mass is 10.1. The summed E-state index contributed by atoms with van der Waals surface area (Å²) in [5, 5.41) is 4.27. The molecule has 0 saturated heterocycles. The molecule has 114 valence electrons. The van der Waals surface area contributed by atoms with Crippen LogP contribution in [0.3, 0.4) is 0 Å².